The van der Waals surface area contributed by atoms with Crippen LogP contribution in [-0.4, -0.2) is 39.1 Å². The van der Waals surface area contributed by atoms with Crippen LogP contribution >= 0.6 is 31.9 Å². The molecule has 0 saturated heterocycles. The number of H-pyrrole nitrogens is 2. The van der Waals surface area contributed by atoms with Crippen LogP contribution < -0.4 is 29.6 Å². The molecule has 0 spiro atoms. The Morgan fingerprint density at radius 2 is 1.31 bits per heavy atom. The molecule has 2 aromatic heterocycles. The zero-order chi connectivity index (χ0) is 22.0. The molecule has 0 fully saturated rings. The Kier molecular flexibility index (Phi) is 10.7. The number of aromatic nitrogens is 2. The van der Waals surface area contributed by atoms with Gasteiger partial charge in [0.05, 0.1) is 6.61 Å². The summed E-state index contributed by atoms with van der Waals surface area (Å²) in [6, 6.07) is 11.3. The molecule has 4 aromatic rings. The van der Waals surface area contributed by atoms with E-state index >= 15 is 0 Å². The normalized spacial score (nSPS) is 10.0. The first kappa shape index (κ1) is 28.4. The van der Waals surface area contributed by atoms with Crippen LogP contribution in [0.3, 0.4) is 0 Å². The molecule has 32 heavy (non-hydrogen) atoms. The zero-order valence-corrected chi connectivity index (χ0v) is 23.2. The van der Waals surface area contributed by atoms with Gasteiger partial charge in [0, 0.05) is 30.8 Å². The second-order valence-electron chi connectivity index (χ2n) is 6.81. The molecule has 7 nitrogen and oxygen atoms in total. The molecule has 0 aliphatic carbocycles. The monoisotopic (exact) mass is 574 g/mol. The van der Waals surface area contributed by atoms with E-state index in [2.05, 4.69) is 41.8 Å². The van der Waals surface area contributed by atoms with Gasteiger partial charge in [0.25, 0.3) is 0 Å². The standard InChI is InChI=1S/C12H12BrNO2.C10H8BrNO2.Na.H2O/c1-3-16-12(15)11-6-8-9(13)4-7(2)5-10(8)14-11;1-5-2-7(11)6-4-9(10(13)14)12-8(6)3-5;;/h4-6,14H,3H2,1-2H3;2-4,12H,1H3,(H,13,14);;1H2/q;;+1;/p-1. The third-order valence-electron chi connectivity index (χ3n) is 4.39. The summed E-state index contributed by atoms with van der Waals surface area (Å²) in [5.41, 5.74) is 4.71. The number of benzene rings is 2. The molecular formula is C22H21Br2N2NaO5. The van der Waals surface area contributed by atoms with Crippen molar-refractivity contribution in [1.29, 1.82) is 0 Å². The second-order valence-corrected chi connectivity index (χ2v) is 8.52. The van der Waals surface area contributed by atoms with Gasteiger partial charge in [-0.2, -0.15) is 0 Å². The first-order valence-corrected chi connectivity index (χ1v) is 10.8. The van der Waals surface area contributed by atoms with E-state index in [0.29, 0.717) is 12.3 Å². The number of hydrogen-bond donors (Lipinski definition) is 3. The van der Waals surface area contributed by atoms with Crippen molar-refractivity contribution in [1.82, 2.24) is 9.97 Å². The van der Waals surface area contributed by atoms with Crippen molar-refractivity contribution in [2.24, 2.45) is 0 Å². The Labute approximate surface area is 223 Å². The smallest absolute Gasteiger partial charge is 0.870 e. The number of carbonyl (C=O) groups excluding carboxylic acids is 1. The Balaban J connectivity index is 0.000000303. The van der Waals surface area contributed by atoms with Gasteiger partial charge in [-0.15, -0.1) is 0 Å². The van der Waals surface area contributed by atoms with Gasteiger partial charge < -0.3 is 25.3 Å². The summed E-state index contributed by atoms with van der Waals surface area (Å²) < 4.78 is 6.84. The Morgan fingerprint density at radius 1 is 0.875 bits per heavy atom. The number of aromatic carboxylic acids is 1. The fourth-order valence-electron chi connectivity index (χ4n) is 3.09. The molecule has 0 atom stereocenters. The van der Waals surface area contributed by atoms with E-state index in [4.69, 9.17) is 9.84 Å². The number of esters is 1. The molecule has 2 heterocycles. The predicted octanol–water partition coefficient (Wildman–Crippen LogP) is 3.18. The molecule has 0 bridgehead atoms. The van der Waals surface area contributed by atoms with Crippen LogP contribution in [0.25, 0.3) is 21.8 Å². The van der Waals surface area contributed by atoms with E-state index in [-0.39, 0.29) is 46.7 Å². The van der Waals surface area contributed by atoms with Crippen molar-refractivity contribution in [3.8, 4) is 0 Å². The van der Waals surface area contributed by atoms with Gasteiger partial charge in [-0.05, 0) is 68.3 Å². The van der Waals surface area contributed by atoms with Crippen LogP contribution in [0, 0.1) is 13.8 Å². The van der Waals surface area contributed by atoms with Crippen LogP contribution in [0.4, 0.5) is 0 Å². The number of halogens is 2. The van der Waals surface area contributed by atoms with Gasteiger partial charge >= 0.3 is 41.5 Å². The summed E-state index contributed by atoms with van der Waals surface area (Å²) in [5, 5.41) is 10.7. The summed E-state index contributed by atoms with van der Waals surface area (Å²) in [6.07, 6.45) is 0. The van der Waals surface area contributed by atoms with Crippen LogP contribution in [0.15, 0.2) is 45.3 Å². The van der Waals surface area contributed by atoms with E-state index in [0.717, 1.165) is 41.9 Å². The van der Waals surface area contributed by atoms with Crippen molar-refractivity contribution in [3.05, 3.63) is 67.9 Å². The number of ether oxygens (including phenoxy) is 1. The predicted molar refractivity (Wildman–Crippen MR) is 126 cm³/mol. The van der Waals surface area contributed by atoms with Gasteiger partial charge in [-0.25, -0.2) is 9.59 Å². The van der Waals surface area contributed by atoms with E-state index in [1.54, 1.807) is 19.1 Å². The van der Waals surface area contributed by atoms with Gasteiger partial charge in [-0.1, -0.05) is 31.9 Å². The summed E-state index contributed by atoms with van der Waals surface area (Å²) in [7, 11) is 0. The molecule has 164 valence electrons. The molecule has 0 aliphatic heterocycles. The molecule has 0 radical (unpaired) electrons. The molecule has 0 aliphatic rings. The third-order valence-corrected chi connectivity index (χ3v) is 5.70. The maximum atomic E-state index is 11.5. The fraction of sp³-hybridized carbons (Fsp3) is 0.182. The van der Waals surface area contributed by atoms with Crippen LogP contribution in [-0.2, 0) is 4.74 Å². The first-order chi connectivity index (χ1) is 14.2. The zero-order valence-electron chi connectivity index (χ0n) is 18.0. The fourth-order valence-corrected chi connectivity index (χ4v) is 4.47. The van der Waals surface area contributed by atoms with Crippen LogP contribution in [0.5, 0.6) is 0 Å². The average Bonchev–Trinajstić information content (AvgIpc) is 3.27. The Morgan fingerprint density at radius 3 is 1.75 bits per heavy atom. The van der Waals surface area contributed by atoms with E-state index in [1.807, 2.05) is 38.1 Å². The molecule has 4 N–H and O–H groups in total. The number of aryl methyl sites for hydroxylation is 2. The number of carbonyl (C=O) groups is 2. The number of carboxylic acids is 1. The Bertz CT molecular complexity index is 1270. The quantitative estimate of drug-likeness (QED) is 0.255. The maximum absolute atomic E-state index is 11.5. The molecule has 0 saturated carbocycles. The molecular weight excluding hydrogens is 555 g/mol. The maximum Gasteiger partial charge on any atom is 1.00 e. The summed E-state index contributed by atoms with van der Waals surface area (Å²) in [6.45, 7) is 6.15. The molecule has 4 rings (SSSR count). The van der Waals surface area contributed by atoms with E-state index in [1.165, 1.54) is 0 Å². The van der Waals surface area contributed by atoms with Gasteiger partial charge in [0.15, 0.2) is 0 Å². The number of rotatable bonds is 3. The minimum Gasteiger partial charge on any atom is -0.870 e. The van der Waals surface area contributed by atoms with E-state index in [9.17, 15) is 9.59 Å². The third kappa shape index (κ3) is 6.46. The number of aromatic amines is 2. The van der Waals surface area contributed by atoms with Gasteiger partial charge in [0.2, 0.25) is 0 Å². The van der Waals surface area contributed by atoms with Crippen molar-refractivity contribution in [2.45, 2.75) is 20.8 Å². The van der Waals surface area contributed by atoms with Crippen LogP contribution in [0.1, 0.15) is 39.0 Å². The molecule has 0 unspecified atom stereocenters. The summed E-state index contributed by atoms with van der Waals surface area (Å²) >= 11 is 6.87. The van der Waals surface area contributed by atoms with Gasteiger partial charge in [0.1, 0.15) is 11.4 Å². The minimum atomic E-state index is -0.939. The van der Waals surface area contributed by atoms with Crippen molar-refractivity contribution in [3.63, 3.8) is 0 Å². The van der Waals surface area contributed by atoms with Crippen LogP contribution in [0.2, 0.25) is 0 Å². The number of fused-ring (bicyclic) bond motifs is 2. The second kappa shape index (κ2) is 12.0. The van der Waals surface area contributed by atoms with Gasteiger partial charge in [-0.3, -0.25) is 0 Å². The topological polar surface area (TPSA) is 125 Å². The first-order valence-electron chi connectivity index (χ1n) is 9.17. The SMILES string of the molecule is CCOC(=O)c1cc2c(Br)cc(C)cc2[nH]1.Cc1cc(Br)c2cc(C(=O)O)[nH]c2c1.[Na+].[OH-]. The average molecular weight is 576 g/mol. The van der Waals surface area contributed by atoms with Crippen molar-refractivity contribution < 1.29 is 54.5 Å². The minimum absolute atomic E-state index is 0. The summed E-state index contributed by atoms with van der Waals surface area (Å²) in [4.78, 5) is 28.2. The number of hydrogen-bond acceptors (Lipinski definition) is 4. The van der Waals surface area contributed by atoms with Crippen molar-refractivity contribution in [2.75, 3.05) is 6.61 Å². The number of carboxylic acid groups (broad SMARTS) is 1. The molecule has 10 heteroatoms. The van der Waals surface area contributed by atoms with E-state index < -0.39 is 5.97 Å². The Hall–Kier alpha value is -1.62. The largest absolute Gasteiger partial charge is 1.00 e. The summed E-state index contributed by atoms with van der Waals surface area (Å²) in [5.74, 6) is -1.26. The number of nitrogens with one attached hydrogen (secondary N) is 2. The molecule has 2 aromatic carbocycles. The van der Waals surface area contributed by atoms with Crippen molar-refractivity contribution >= 4 is 65.6 Å². The molecule has 0 amide bonds.